The summed E-state index contributed by atoms with van der Waals surface area (Å²) >= 11 is 2.46. The Morgan fingerprint density at radius 3 is 2.42 bits per heavy atom. The van der Waals surface area contributed by atoms with Crippen LogP contribution in [0.3, 0.4) is 0 Å². The minimum atomic E-state index is -4.73. The molecular weight excluding hydrogens is 389 g/mol. The maximum absolute atomic E-state index is 12.1. The van der Waals surface area contributed by atoms with Crippen LogP contribution in [0.5, 0.6) is 5.75 Å². The van der Waals surface area contributed by atoms with Crippen LogP contribution in [-0.4, -0.2) is 26.8 Å². The summed E-state index contributed by atoms with van der Waals surface area (Å²) in [4.78, 5) is 0. The fourth-order valence-corrected chi connectivity index (χ4v) is 3.32. The largest absolute Gasteiger partial charge is 0.573 e. The van der Waals surface area contributed by atoms with Crippen LogP contribution in [0.4, 0.5) is 24.0 Å². The summed E-state index contributed by atoms with van der Waals surface area (Å²) in [6.07, 6.45) is -4.73. The number of benzene rings is 1. The number of hydrogen-bond donors (Lipinski definition) is 1. The lowest BCUT2D eigenvalue weighted by atomic mass is 10.3. The van der Waals surface area contributed by atoms with Crippen LogP contribution >= 0.6 is 23.1 Å². The van der Waals surface area contributed by atoms with Gasteiger partial charge in [0.15, 0.2) is 10.0 Å². The number of hydrogen-bond acceptors (Lipinski definition) is 9. The van der Waals surface area contributed by atoms with Crippen molar-refractivity contribution in [3.05, 3.63) is 42.1 Å². The number of aromatic nitrogens is 4. The molecule has 0 aliphatic carbocycles. The Morgan fingerprint density at radius 1 is 1.04 bits per heavy atom. The van der Waals surface area contributed by atoms with Crippen molar-refractivity contribution in [1.29, 1.82) is 5.26 Å². The predicted octanol–water partition coefficient (Wildman–Crippen LogP) is 3.99. The minimum absolute atomic E-state index is 0.215. The van der Waals surface area contributed by atoms with E-state index in [-0.39, 0.29) is 11.4 Å². The van der Waals surface area contributed by atoms with Crippen LogP contribution in [0.25, 0.3) is 0 Å². The monoisotopic (exact) mass is 396 g/mol. The van der Waals surface area contributed by atoms with Crippen LogP contribution in [0.1, 0.15) is 5.69 Å². The molecule has 2 heterocycles. The smallest absolute Gasteiger partial charge is 0.406 e. The van der Waals surface area contributed by atoms with E-state index in [2.05, 4.69) is 30.4 Å². The molecule has 0 unspecified atom stereocenters. The molecule has 0 fully saturated rings. The summed E-state index contributed by atoms with van der Waals surface area (Å²) in [7, 11) is 0. The van der Waals surface area contributed by atoms with Crippen LogP contribution in [0.15, 0.2) is 45.8 Å². The zero-order valence-corrected chi connectivity index (χ0v) is 14.2. The molecule has 3 aromatic rings. The second kappa shape index (κ2) is 7.54. The lowest BCUT2D eigenvalue weighted by Crippen LogP contribution is -2.16. The maximum Gasteiger partial charge on any atom is 0.573 e. The molecule has 7 nitrogen and oxygen atoms in total. The molecule has 0 bridgehead atoms. The van der Waals surface area contributed by atoms with Gasteiger partial charge in [0.2, 0.25) is 5.13 Å². The molecule has 12 heteroatoms. The summed E-state index contributed by atoms with van der Waals surface area (Å²) in [5, 5.41) is 28.2. The first kappa shape index (κ1) is 17.9. The highest BCUT2D eigenvalue weighted by molar-refractivity contribution is 8.01. The molecule has 3 rings (SSSR count). The molecule has 0 spiro atoms. The first-order valence-corrected chi connectivity index (χ1v) is 8.42. The van der Waals surface area contributed by atoms with E-state index >= 15 is 0 Å². The first-order chi connectivity index (χ1) is 12.4. The molecule has 0 saturated heterocycles. The van der Waals surface area contributed by atoms with Gasteiger partial charge in [0.1, 0.15) is 16.8 Å². The van der Waals surface area contributed by atoms with Gasteiger partial charge in [-0.05, 0) is 48.2 Å². The van der Waals surface area contributed by atoms with Crippen molar-refractivity contribution in [3.63, 3.8) is 0 Å². The van der Waals surface area contributed by atoms with Crippen molar-refractivity contribution in [2.45, 2.75) is 15.7 Å². The second-order valence-electron chi connectivity index (χ2n) is 4.54. The Kier molecular flexibility index (Phi) is 5.19. The molecule has 0 aliphatic heterocycles. The van der Waals surface area contributed by atoms with Crippen LogP contribution in [0, 0.1) is 11.3 Å². The number of nitrogens with zero attached hydrogens (tertiary/aromatic N) is 5. The molecular formula is C14H7F3N6OS2. The van der Waals surface area contributed by atoms with E-state index in [4.69, 9.17) is 5.26 Å². The van der Waals surface area contributed by atoms with Crippen molar-refractivity contribution in [1.82, 2.24) is 20.4 Å². The minimum Gasteiger partial charge on any atom is -0.406 e. The zero-order valence-electron chi connectivity index (χ0n) is 12.6. The molecule has 0 radical (unpaired) electrons. The maximum atomic E-state index is 12.1. The number of nitriles is 1. The lowest BCUT2D eigenvalue weighted by molar-refractivity contribution is -0.274. The average Bonchev–Trinajstić information content (AvgIpc) is 3.03. The third kappa shape index (κ3) is 5.04. The van der Waals surface area contributed by atoms with Gasteiger partial charge in [-0.2, -0.15) is 5.26 Å². The van der Waals surface area contributed by atoms with E-state index in [0.29, 0.717) is 20.2 Å². The Labute approximate surface area is 152 Å². The molecule has 2 aromatic heterocycles. The summed E-state index contributed by atoms with van der Waals surface area (Å²) in [6.45, 7) is 0. The van der Waals surface area contributed by atoms with Crippen molar-refractivity contribution in [2.24, 2.45) is 0 Å². The van der Waals surface area contributed by atoms with E-state index < -0.39 is 6.36 Å². The Balaban J connectivity index is 1.62. The molecule has 1 N–H and O–H groups in total. The summed E-state index contributed by atoms with van der Waals surface area (Å²) in [5.74, 6) is -0.309. The fraction of sp³-hybridized carbons (Fsp3) is 0.0714. The Hall–Kier alpha value is -2.91. The van der Waals surface area contributed by atoms with Crippen molar-refractivity contribution in [3.8, 4) is 11.8 Å². The number of anilines is 2. The number of halogens is 3. The van der Waals surface area contributed by atoms with Gasteiger partial charge in [-0.15, -0.1) is 33.6 Å². The van der Waals surface area contributed by atoms with Gasteiger partial charge in [0, 0.05) is 5.69 Å². The summed E-state index contributed by atoms with van der Waals surface area (Å²) in [5.41, 5.74) is 0.748. The highest BCUT2D eigenvalue weighted by Gasteiger charge is 2.30. The average molecular weight is 396 g/mol. The normalized spacial score (nSPS) is 11.0. The zero-order chi connectivity index (χ0) is 18.6. The standard InChI is InChI=1S/C14H7F3N6OS2/c15-14(16,17)24-10-4-1-8(2-5-10)19-12-22-23-13(26-12)25-11-6-3-9(7-18)20-21-11/h1-6H,(H,19,22). The van der Waals surface area contributed by atoms with E-state index in [9.17, 15) is 13.2 Å². The Morgan fingerprint density at radius 2 is 1.81 bits per heavy atom. The number of ether oxygens (including phenoxy) is 1. The highest BCUT2D eigenvalue weighted by atomic mass is 32.2. The second-order valence-corrected chi connectivity index (χ2v) is 6.79. The number of rotatable bonds is 5. The van der Waals surface area contributed by atoms with Gasteiger partial charge in [0.25, 0.3) is 0 Å². The topological polar surface area (TPSA) is 96.6 Å². The molecule has 1 aromatic carbocycles. The molecule has 0 aliphatic rings. The lowest BCUT2D eigenvalue weighted by Gasteiger charge is -2.09. The van der Waals surface area contributed by atoms with Crippen LogP contribution in [0.2, 0.25) is 0 Å². The third-order valence-corrected chi connectivity index (χ3v) is 4.51. The van der Waals surface area contributed by atoms with Gasteiger partial charge in [0.05, 0.1) is 0 Å². The van der Waals surface area contributed by atoms with Gasteiger partial charge >= 0.3 is 6.36 Å². The molecule has 0 saturated carbocycles. The Bertz CT molecular complexity index is 922. The summed E-state index contributed by atoms with van der Waals surface area (Å²) < 4.78 is 40.8. The van der Waals surface area contributed by atoms with Gasteiger partial charge in [-0.1, -0.05) is 11.3 Å². The molecule has 132 valence electrons. The van der Waals surface area contributed by atoms with Crippen molar-refractivity contribution >= 4 is 33.9 Å². The quantitative estimate of drug-likeness (QED) is 0.691. The fourth-order valence-electron chi connectivity index (χ4n) is 1.69. The highest BCUT2D eigenvalue weighted by Crippen LogP contribution is 2.32. The van der Waals surface area contributed by atoms with E-state index in [1.54, 1.807) is 12.1 Å². The number of nitrogens with one attached hydrogen (secondary N) is 1. The first-order valence-electron chi connectivity index (χ1n) is 6.79. The van der Waals surface area contributed by atoms with Gasteiger partial charge < -0.3 is 10.1 Å². The van der Waals surface area contributed by atoms with E-state index in [0.717, 1.165) is 0 Å². The van der Waals surface area contributed by atoms with E-state index in [1.165, 1.54) is 47.4 Å². The molecule has 0 atom stereocenters. The molecule has 26 heavy (non-hydrogen) atoms. The molecule has 0 amide bonds. The SMILES string of the molecule is N#Cc1ccc(Sc2nnc(Nc3ccc(OC(F)(F)F)cc3)s2)nn1. The summed E-state index contributed by atoms with van der Waals surface area (Å²) in [6, 6.07) is 10.3. The number of alkyl halides is 3. The van der Waals surface area contributed by atoms with Crippen LogP contribution < -0.4 is 10.1 Å². The van der Waals surface area contributed by atoms with Crippen molar-refractivity contribution in [2.75, 3.05) is 5.32 Å². The van der Waals surface area contributed by atoms with Crippen LogP contribution in [-0.2, 0) is 0 Å². The van der Waals surface area contributed by atoms with E-state index in [1.807, 2.05) is 6.07 Å². The van der Waals surface area contributed by atoms with Gasteiger partial charge in [-0.3, -0.25) is 0 Å². The van der Waals surface area contributed by atoms with Crippen molar-refractivity contribution < 1.29 is 17.9 Å². The predicted molar refractivity (Wildman–Crippen MR) is 87.2 cm³/mol. The van der Waals surface area contributed by atoms with Gasteiger partial charge in [-0.25, -0.2) is 0 Å². The third-order valence-electron chi connectivity index (χ3n) is 2.69.